The summed E-state index contributed by atoms with van der Waals surface area (Å²) in [6, 6.07) is 29.8. The number of nitrogens with zero attached hydrogens (tertiary/aromatic N) is 2. The molecule has 140 valence electrons. The molecule has 1 aliphatic rings. The standard InChI is InChI=1S/C24H23N2OP/c25-18-20-13-15-21(16-14-20)19-26-17-7-12-24(26)28(27,22-8-3-1-4-9-22)23-10-5-2-6-11-23/h1-6,8-11,13-16,24H,7,12,17,19H2. The molecule has 1 fully saturated rings. The van der Waals surface area contributed by atoms with Crippen LogP contribution in [0.5, 0.6) is 0 Å². The lowest BCUT2D eigenvalue weighted by molar-refractivity contribution is 0.300. The molecule has 28 heavy (non-hydrogen) atoms. The molecule has 0 amide bonds. The minimum absolute atomic E-state index is 0.00653. The van der Waals surface area contributed by atoms with Crippen LogP contribution < -0.4 is 10.6 Å². The van der Waals surface area contributed by atoms with Gasteiger partial charge in [0.15, 0.2) is 7.14 Å². The first-order valence-electron chi connectivity index (χ1n) is 9.66. The zero-order valence-corrected chi connectivity index (χ0v) is 16.6. The van der Waals surface area contributed by atoms with Crippen molar-refractivity contribution in [3.8, 4) is 6.07 Å². The molecule has 3 aromatic carbocycles. The van der Waals surface area contributed by atoms with Gasteiger partial charge >= 0.3 is 0 Å². The third-order valence-corrected chi connectivity index (χ3v) is 9.05. The summed E-state index contributed by atoms with van der Waals surface area (Å²) >= 11 is 0. The summed E-state index contributed by atoms with van der Waals surface area (Å²) < 4.78 is 14.6. The third kappa shape index (κ3) is 3.54. The monoisotopic (exact) mass is 386 g/mol. The molecule has 1 heterocycles. The zero-order chi connectivity index (χ0) is 19.4. The van der Waals surface area contributed by atoms with E-state index in [1.807, 2.05) is 84.9 Å². The average molecular weight is 386 g/mol. The van der Waals surface area contributed by atoms with Gasteiger partial charge < -0.3 is 4.57 Å². The van der Waals surface area contributed by atoms with Crippen molar-refractivity contribution in [2.45, 2.75) is 25.2 Å². The van der Waals surface area contributed by atoms with Gasteiger partial charge in [0.1, 0.15) is 0 Å². The predicted octanol–water partition coefficient (Wildman–Crippen LogP) is 4.49. The Morgan fingerprint density at radius 3 is 2.00 bits per heavy atom. The highest BCUT2D eigenvalue weighted by Crippen LogP contribution is 2.53. The van der Waals surface area contributed by atoms with Gasteiger partial charge in [0, 0.05) is 17.2 Å². The minimum Gasteiger partial charge on any atom is -0.312 e. The molecule has 1 atom stereocenters. The second-order valence-electron chi connectivity index (χ2n) is 7.23. The van der Waals surface area contributed by atoms with E-state index in [2.05, 4.69) is 11.0 Å². The van der Waals surface area contributed by atoms with Gasteiger partial charge in [0.25, 0.3) is 0 Å². The van der Waals surface area contributed by atoms with E-state index in [1.165, 1.54) is 0 Å². The summed E-state index contributed by atoms with van der Waals surface area (Å²) in [6.07, 6.45) is 1.97. The molecule has 3 aromatic rings. The Morgan fingerprint density at radius 2 is 1.46 bits per heavy atom. The van der Waals surface area contributed by atoms with Crippen LogP contribution in [0.1, 0.15) is 24.0 Å². The van der Waals surface area contributed by atoms with Crippen LogP contribution in [0.2, 0.25) is 0 Å². The Hall–Kier alpha value is -2.66. The Kier molecular flexibility index (Phi) is 5.44. The maximum Gasteiger partial charge on any atom is 0.159 e. The first kappa shape index (κ1) is 18.7. The molecule has 1 aliphatic heterocycles. The molecule has 4 heteroatoms. The molecular formula is C24H23N2OP. The quantitative estimate of drug-likeness (QED) is 0.607. The van der Waals surface area contributed by atoms with Crippen LogP contribution >= 0.6 is 7.14 Å². The molecule has 1 unspecified atom stereocenters. The van der Waals surface area contributed by atoms with E-state index in [-0.39, 0.29) is 5.78 Å². The number of hydrogen-bond acceptors (Lipinski definition) is 3. The fourth-order valence-electron chi connectivity index (χ4n) is 4.12. The third-order valence-electron chi connectivity index (χ3n) is 5.50. The molecular weight excluding hydrogens is 363 g/mol. The summed E-state index contributed by atoms with van der Waals surface area (Å²) in [6.45, 7) is 1.69. The number of rotatable bonds is 5. The number of benzene rings is 3. The highest BCUT2D eigenvalue weighted by molar-refractivity contribution is 7.79. The van der Waals surface area contributed by atoms with Gasteiger partial charge in [-0.2, -0.15) is 5.26 Å². The van der Waals surface area contributed by atoms with Crippen LogP contribution in [-0.4, -0.2) is 17.2 Å². The molecule has 4 rings (SSSR count). The van der Waals surface area contributed by atoms with Gasteiger partial charge in [-0.1, -0.05) is 72.8 Å². The Bertz CT molecular complexity index is 966. The minimum atomic E-state index is -2.81. The van der Waals surface area contributed by atoms with Crippen LogP contribution in [-0.2, 0) is 11.1 Å². The summed E-state index contributed by atoms with van der Waals surface area (Å²) in [5.74, 6) is -0.00653. The van der Waals surface area contributed by atoms with Crippen LogP contribution in [0.4, 0.5) is 0 Å². The van der Waals surface area contributed by atoms with E-state index in [4.69, 9.17) is 5.26 Å². The van der Waals surface area contributed by atoms with E-state index in [0.29, 0.717) is 5.56 Å². The van der Waals surface area contributed by atoms with Gasteiger partial charge in [0.05, 0.1) is 17.4 Å². The lowest BCUT2D eigenvalue weighted by atomic mass is 10.1. The summed E-state index contributed by atoms with van der Waals surface area (Å²) in [7, 11) is -2.81. The molecule has 1 saturated heterocycles. The van der Waals surface area contributed by atoms with E-state index in [1.54, 1.807) is 0 Å². The van der Waals surface area contributed by atoms with Gasteiger partial charge in [-0.15, -0.1) is 0 Å². The van der Waals surface area contributed by atoms with E-state index >= 15 is 0 Å². The lowest BCUT2D eigenvalue weighted by Crippen LogP contribution is -2.35. The van der Waals surface area contributed by atoms with Crippen molar-refractivity contribution in [1.82, 2.24) is 4.90 Å². The molecule has 3 nitrogen and oxygen atoms in total. The summed E-state index contributed by atoms with van der Waals surface area (Å²) in [5.41, 5.74) is 1.82. The molecule has 0 spiro atoms. The molecule has 0 radical (unpaired) electrons. The second-order valence-corrected chi connectivity index (χ2v) is 10.2. The maximum absolute atomic E-state index is 14.6. The van der Waals surface area contributed by atoms with Crippen molar-refractivity contribution in [3.05, 3.63) is 96.1 Å². The highest BCUT2D eigenvalue weighted by Gasteiger charge is 2.42. The van der Waals surface area contributed by atoms with Crippen LogP contribution in [0.25, 0.3) is 0 Å². The lowest BCUT2D eigenvalue weighted by Gasteiger charge is -2.33. The maximum atomic E-state index is 14.6. The fraction of sp³-hybridized carbons (Fsp3) is 0.208. The number of likely N-dealkylation sites (tertiary alicyclic amines) is 1. The average Bonchev–Trinajstić information content (AvgIpc) is 3.23. The van der Waals surface area contributed by atoms with Gasteiger partial charge in [-0.3, -0.25) is 4.90 Å². The first-order valence-corrected chi connectivity index (χ1v) is 11.4. The van der Waals surface area contributed by atoms with Crippen molar-refractivity contribution in [3.63, 3.8) is 0 Å². The van der Waals surface area contributed by atoms with Crippen molar-refractivity contribution in [1.29, 1.82) is 5.26 Å². The van der Waals surface area contributed by atoms with Gasteiger partial charge in [0.2, 0.25) is 0 Å². The van der Waals surface area contributed by atoms with Crippen molar-refractivity contribution in [2.24, 2.45) is 0 Å². The van der Waals surface area contributed by atoms with Crippen LogP contribution in [0, 0.1) is 11.3 Å². The smallest absolute Gasteiger partial charge is 0.159 e. The fourth-order valence-corrected chi connectivity index (χ4v) is 7.54. The zero-order valence-electron chi connectivity index (χ0n) is 15.7. The SMILES string of the molecule is N#Cc1ccc(CN2CCCC2P(=O)(c2ccccc2)c2ccccc2)cc1. The summed E-state index contributed by atoms with van der Waals surface area (Å²) in [5, 5.41) is 10.9. The molecule has 0 bridgehead atoms. The van der Waals surface area contributed by atoms with Crippen molar-refractivity contribution < 1.29 is 4.57 Å². The number of nitriles is 1. The number of hydrogen-bond donors (Lipinski definition) is 0. The predicted molar refractivity (Wildman–Crippen MR) is 114 cm³/mol. The van der Waals surface area contributed by atoms with E-state index < -0.39 is 7.14 Å². The molecule has 0 N–H and O–H groups in total. The second kappa shape index (κ2) is 8.15. The van der Waals surface area contributed by atoms with Crippen molar-refractivity contribution in [2.75, 3.05) is 6.54 Å². The Balaban J connectivity index is 1.71. The first-order chi connectivity index (χ1) is 13.7. The van der Waals surface area contributed by atoms with E-state index in [9.17, 15) is 4.57 Å². The van der Waals surface area contributed by atoms with E-state index in [0.717, 1.165) is 42.1 Å². The molecule has 0 aromatic heterocycles. The molecule has 0 aliphatic carbocycles. The topological polar surface area (TPSA) is 44.1 Å². The van der Waals surface area contributed by atoms with Gasteiger partial charge in [-0.25, -0.2) is 0 Å². The Labute approximate surface area is 166 Å². The largest absolute Gasteiger partial charge is 0.312 e. The van der Waals surface area contributed by atoms with Gasteiger partial charge in [-0.05, 0) is 37.1 Å². The Morgan fingerprint density at radius 1 is 0.893 bits per heavy atom. The van der Waals surface area contributed by atoms with Crippen LogP contribution in [0.15, 0.2) is 84.9 Å². The normalized spacial score (nSPS) is 17.3. The van der Waals surface area contributed by atoms with Crippen LogP contribution in [0.3, 0.4) is 0 Å². The highest BCUT2D eigenvalue weighted by atomic mass is 31.2. The van der Waals surface area contributed by atoms with Crippen molar-refractivity contribution >= 4 is 17.8 Å². The summed E-state index contributed by atoms with van der Waals surface area (Å²) in [4.78, 5) is 2.36. The molecule has 0 saturated carbocycles.